The molecule has 0 saturated carbocycles. The monoisotopic (exact) mass is 76.0 g/mol. The van der Waals surface area contributed by atoms with E-state index in [9.17, 15) is 0 Å². The molecule has 0 aliphatic heterocycles. The minimum Gasteiger partial charge on any atom is -0.290 e. The average molecular weight is 76.2 g/mol. The highest BCUT2D eigenvalue weighted by Gasteiger charge is 1.44. The fourth-order valence-electron chi connectivity index (χ4n) is 0. The Morgan fingerprint density at radius 3 is 2.00 bits per heavy atom. The van der Waals surface area contributed by atoms with Gasteiger partial charge in [-0.3, -0.25) is 10.5 Å². The van der Waals surface area contributed by atoms with Crippen molar-refractivity contribution in [1.82, 2.24) is 10.5 Å². The van der Waals surface area contributed by atoms with E-state index in [2.05, 4.69) is 10.5 Å². The van der Waals surface area contributed by atoms with Crippen molar-refractivity contribution in [1.29, 1.82) is 0 Å². The second-order valence-electron chi connectivity index (χ2n) is 0.500. The van der Waals surface area contributed by atoms with Crippen molar-refractivity contribution in [3.05, 3.63) is 0 Å². The summed E-state index contributed by atoms with van der Waals surface area (Å²) in [7, 11) is 2.88. The van der Waals surface area contributed by atoms with Gasteiger partial charge in [-0.15, -0.1) is 0 Å². The van der Waals surface area contributed by atoms with Gasteiger partial charge in [-0.2, -0.15) is 0 Å². The van der Waals surface area contributed by atoms with Crippen LogP contribution in [0.25, 0.3) is 0 Å². The Morgan fingerprint density at radius 2 is 2.00 bits per heavy atom. The van der Waals surface area contributed by atoms with Crippen molar-refractivity contribution in [2.45, 2.75) is 0 Å². The number of nitrogens with one attached hydrogen (secondary N) is 2. The third-order valence-electron chi connectivity index (χ3n) is 0.250. The van der Waals surface area contributed by atoms with E-state index in [0.29, 0.717) is 0 Å². The van der Waals surface area contributed by atoms with Gasteiger partial charge in [0.1, 0.15) is 0 Å². The molecule has 2 N–H and O–H groups in total. The summed E-state index contributed by atoms with van der Waals surface area (Å²) in [4.78, 5) is 0. The van der Waals surface area contributed by atoms with Crippen LogP contribution in [0.5, 0.6) is 0 Å². The smallest absolute Gasteiger partial charge is 0.0941 e. The molecule has 0 aromatic carbocycles. The summed E-state index contributed by atoms with van der Waals surface area (Å²) in [6.45, 7) is 0. The van der Waals surface area contributed by atoms with Gasteiger partial charge in [0.2, 0.25) is 0 Å². The molecule has 0 bridgehead atoms. The van der Waals surface area contributed by atoms with Gasteiger partial charge in [-0.25, -0.2) is 0 Å². The number of hydrogen-bond acceptors (Lipinski definition) is 2. The van der Waals surface area contributed by atoms with Gasteiger partial charge in [-0.1, -0.05) is 0 Å². The minimum atomic E-state index is 1.03. The van der Waals surface area contributed by atoms with Gasteiger partial charge >= 0.3 is 0 Å². The summed E-state index contributed by atoms with van der Waals surface area (Å²) in [5.74, 6) is 0. The minimum absolute atomic E-state index is 1.03. The summed E-state index contributed by atoms with van der Waals surface area (Å²) in [6.07, 6.45) is 0. The van der Waals surface area contributed by atoms with Crippen LogP contribution in [-0.2, 0) is 0 Å². The summed E-state index contributed by atoms with van der Waals surface area (Å²) in [6, 6.07) is 0. The maximum Gasteiger partial charge on any atom is 0.0941 e. The zero-order chi connectivity index (χ0) is 3.41. The van der Waals surface area contributed by atoms with E-state index in [1.807, 2.05) is 7.05 Å². The molecular formula is CH8N2Si. The number of rotatable bonds is 1. The summed E-state index contributed by atoms with van der Waals surface area (Å²) < 4.78 is 0. The third kappa shape index (κ3) is 2.14. The van der Waals surface area contributed by atoms with Crippen LogP contribution in [0.2, 0.25) is 0 Å². The topological polar surface area (TPSA) is 24.1 Å². The van der Waals surface area contributed by atoms with E-state index in [4.69, 9.17) is 0 Å². The summed E-state index contributed by atoms with van der Waals surface area (Å²) in [5, 5.41) is 2.82. The highest BCUT2D eigenvalue weighted by molar-refractivity contribution is 6.03. The molecule has 0 aliphatic carbocycles. The fraction of sp³-hybridized carbons (Fsp3) is 1.00. The highest BCUT2D eigenvalue weighted by Crippen LogP contribution is 1.04. The first-order valence-electron chi connectivity index (χ1n) is 1.25. The second-order valence-corrected chi connectivity index (χ2v) is 1.00. The van der Waals surface area contributed by atoms with E-state index in [1.165, 1.54) is 0 Å². The lowest BCUT2D eigenvalue weighted by Crippen LogP contribution is -2.23. The molecule has 0 heterocycles. The molecule has 3 heteroatoms. The molecule has 0 aromatic heterocycles. The van der Waals surface area contributed by atoms with Crippen molar-refractivity contribution >= 4 is 10.4 Å². The Morgan fingerprint density at radius 1 is 1.75 bits per heavy atom. The van der Waals surface area contributed by atoms with E-state index in [-0.39, 0.29) is 0 Å². The molecule has 0 aliphatic rings. The van der Waals surface area contributed by atoms with Crippen LogP contribution >= 0.6 is 0 Å². The highest BCUT2D eigenvalue weighted by atomic mass is 28.2. The van der Waals surface area contributed by atoms with E-state index in [1.54, 1.807) is 0 Å². The largest absolute Gasteiger partial charge is 0.290 e. The number of hydrogen-bond donors (Lipinski definition) is 2. The molecule has 26 valence electrons. The van der Waals surface area contributed by atoms with Crippen LogP contribution < -0.4 is 10.5 Å². The lowest BCUT2D eigenvalue weighted by Gasteiger charge is -1.82. The molecule has 0 fully saturated rings. The lowest BCUT2D eigenvalue weighted by molar-refractivity contribution is 0.804. The van der Waals surface area contributed by atoms with Crippen molar-refractivity contribution in [3.63, 3.8) is 0 Å². The van der Waals surface area contributed by atoms with E-state index < -0.39 is 0 Å². The van der Waals surface area contributed by atoms with Gasteiger partial charge in [0.05, 0.1) is 10.4 Å². The molecule has 0 atom stereocenters. The molecule has 0 rings (SSSR count). The van der Waals surface area contributed by atoms with Crippen LogP contribution in [0.15, 0.2) is 0 Å². The lowest BCUT2D eigenvalue weighted by atomic mass is 11.5. The van der Waals surface area contributed by atoms with Gasteiger partial charge in [0, 0.05) is 0 Å². The molecular weight excluding hydrogens is 68.1 g/mol. The van der Waals surface area contributed by atoms with Crippen LogP contribution in [0.4, 0.5) is 0 Å². The molecule has 0 spiro atoms. The van der Waals surface area contributed by atoms with Gasteiger partial charge < -0.3 is 0 Å². The van der Waals surface area contributed by atoms with Crippen LogP contribution in [0.3, 0.4) is 0 Å². The second kappa shape index (κ2) is 3.14. The first kappa shape index (κ1) is 4.14. The Bertz CT molecular complexity index is 8.00. The van der Waals surface area contributed by atoms with Crippen molar-refractivity contribution in [2.24, 2.45) is 0 Å². The van der Waals surface area contributed by atoms with Crippen molar-refractivity contribution in [2.75, 3.05) is 7.05 Å². The van der Waals surface area contributed by atoms with E-state index >= 15 is 0 Å². The molecule has 0 radical (unpaired) electrons. The van der Waals surface area contributed by atoms with Crippen molar-refractivity contribution in [3.8, 4) is 0 Å². The zero-order valence-electron chi connectivity index (χ0n) is 3.00. The predicted octanol–water partition coefficient (Wildman–Crippen LogP) is -2.01. The fourth-order valence-corrected chi connectivity index (χ4v) is 0. The van der Waals surface area contributed by atoms with Crippen LogP contribution in [0, 0.1) is 0 Å². The summed E-state index contributed by atoms with van der Waals surface area (Å²) >= 11 is 0. The van der Waals surface area contributed by atoms with Crippen LogP contribution in [0.1, 0.15) is 0 Å². The third-order valence-corrected chi connectivity index (χ3v) is 0.750. The van der Waals surface area contributed by atoms with Crippen LogP contribution in [-0.4, -0.2) is 17.5 Å². The Labute approximate surface area is 29.1 Å². The number of hydrazine groups is 1. The Hall–Kier alpha value is 0.137. The first-order chi connectivity index (χ1) is 1.91. The quantitative estimate of drug-likeness (QED) is 0.278. The summed E-state index contributed by atoms with van der Waals surface area (Å²) in [5.41, 5.74) is 2.74. The normalized spacial score (nSPS) is 8.25. The molecule has 0 amide bonds. The molecule has 4 heavy (non-hydrogen) atoms. The Kier molecular flexibility index (Phi) is 3.24. The van der Waals surface area contributed by atoms with Gasteiger partial charge in [0.15, 0.2) is 0 Å². The Balaban J connectivity index is 1.97. The maximum absolute atomic E-state index is 2.82. The standard InChI is InChI=1S/CH8N2Si/c1-2-3-4/h2-3H,1,4H3. The van der Waals surface area contributed by atoms with Gasteiger partial charge in [-0.05, 0) is 7.05 Å². The molecule has 0 aromatic rings. The average Bonchev–Trinajstić information content (AvgIpc) is 1.37. The molecule has 0 unspecified atom stereocenters. The predicted molar refractivity (Wildman–Crippen MR) is 22.1 cm³/mol. The SMILES string of the molecule is CNN[SiH3]. The van der Waals surface area contributed by atoms with Gasteiger partial charge in [0.25, 0.3) is 0 Å². The van der Waals surface area contributed by atoms with Crippen molar-refractivity contribution < 1.29 is 0 Å². The molecule has 0 saturated heterocycles. The zero-order valence-corrected chi connectivity index (χ0v) is 5.00. The molecule has 2 nitrogen and oxygen atoms in total. The van der Waals surface area contributed by atoms with E-state index in [0.717, 1.165) is 10.4 Å². The maximum atomic E-state index is 2.82. The first-order valence-corrected chi connectivity index (χ1v) is 2.25.